The molecule has 13 heavy (non-hydrogen) atoms. The van der Waals surface area contributed by atoms with E-state index < -0.39 is 0 Å². The molecule has 3 heteroatoms. The van der Waals surface area contributed by atoms with E-state index >= 15 is 0 Å². The lowest BCUT2D eigenvalue weighted by atomic mass is 10.5. The number of hydrogen-bond acceptors (Lipinski definition) is 2. The van der Waals surface area contributed by atoms with Crippen molar-refractivity contribution in [3.63, 3.8) is 0 Å². The molecule has 0 atom stereocenters. The lowest BCUT2D eigenvalue weighted by molar-refractivity contribution is -0.133. The van der Waals surface area contributed by atoms with E-state index in [-0.39, 0.29) is 27.6 Å². The van der Waals surface area contributed by atoms with Crippen molar-refractivity contribution in [3.8, 4) is 0 Å². The quantitative estimate of drug-likeness (QED) is 0.357. The van der Waals surface area contributed by atoms with Crippen molar-refractivity contribution >= 4 is 9.52 Å². The third-order valence-corrected chi connectivity index (χ3v) is 3.05. The van der Waals surface area contributed by atoms with Crippen LogP contribution in [0.5, 0.6) is 0 Å². The van der Waals surface area contributed by atoms with Crippen molar-refractivity contribution in [1.29, 1.82) is 0 Å². The van der Waals surface area contributed by atoms with Crippen molar-refractivity contribution in [3.05, 3.63) is 12.7 Å². The summed E-state index contributed by atoms with van der Waals surface area (Å²) in [4.78, 5) is 0. The minimum atomic E-state index is -0.323. The summed E-state index contributed by atoms with van der Waals surface area (Å²) in [5.74, 6) is 0.0537. The first-order chi connectivity index (χ1) is 6.06. The van der Waals surface area contributed by atoms with Crippen LogP contribution in [0.15, 0.2) is 12.7 Å². The fourth-order valence-corrected chi connectivity index (χ4v) is 2.58. The van der Waals surface area contributed by atoms with Crippen LogP contribution in [0, 0.1) is 0 Å². The fourth-order valence-electron chi connectivity index (χ4n) is 1.03. The van der Waals surface area contributed by atoms with Gasteiger partial charge in [0.2, 0.25) is 0 Å². The maximum absolute atomic E-state index is 5.65. The molecule has 78 valence electrons. The molecule has 0 heterocycles. The Morgan fingerprint density at radius 1 is 1.15 bits per heavy atom. The molecular weight excluding hydrogens is 180 g/mol. The third kappa shape index (κ3) is 8.21. The van der Waals surface area contributed by atoms with Gasteiger partial charge in [-0.1, -0.05) is 6.08 Å². The highest BCUT2D eigenvalue weighted by Crippen LogP contribution is 2.04. The molecule has 0 amide bonds. The van der Waals surface area contributed by atoms with E-state index in [2.05, 4.69) is 6.58 Å². The zero-order valence-corrected chi connectivity index (χ0v) is 10.7. The average molecular weight is 202 g/mol. The van der Waals surface area contributed by atoms with E-state index in [1.54, 1.807) is 0 Å². The molecule has 0 fully saturated rings. The topological polar surface area (TPSA) is 18.5 Å². The number of ether oxygens (including phenoxy) is 2. The molecule has 0 saturated carbocycles. The fraction of sp³-hybridized carbons (Fsp3) is 0.800. The monoisotopic (exact) mass is 202 g/mol. The molecule has 0 radical (unpaired) electrons. The summed E-state index contributed by atoms with van der Waals surface area (Å²) in [6.07, 6.45) is 2.45. The Morgan fingerprint density at radius 2 is 1.62 bits per heavy atom. The Hall–Kier alpha value is -0.123. The van der Waals surface area contributed by atoms with Gasteiger partial charge in [-0.05, 0) is 33.7 Å². The normalized spacial score (nSPS) is 12.5. The van der Waals surface area contributed by atoms with Crippen LogP contribution in [-0.2, 0) is 9.47 Å². The van der Waals surface area contributed by atoms with Gasteiger partial charge in [0.1, 0.15) is 5.91 Å². The molecule has 0 saturated heterocycles. The number of rotatable bonds is 7. The summed E-state index contributed by atoms with van der Waals surface area (Å²) < 4.78 is 11.3. The summed E-state index contributed by atoms with van der Waals surface area (Å²) in [5.41, 5.74) is 0. The second-order valence-corrected chi connectivity index (χ2v) is 5.49. The first-order valence-corrected chi connectivity index (χ1v) is 6.79. The summed E-state index contributed by atoms with van der Waals surface area (Å²) >= 11 is 0. The standard InChI is InChI=1S/C10H22O2Si/c1-6-7-13-10(11-8(2)3)12-9(4)5/h6,8-10H,1,7,13H2,2-5H3. The zero-order chi connectivity index (χ0) is 10.3. The lowest BCUT2D eigenvalue weighted by Gasteiger charge is -2.22. The molecule has 0 spiro atoms. The molecule has 0 aliphatic carbocycles. The van der Waals surface area contributed by atoms with Crippen LogP contribution in [0.4, 0.5) is 0 Å². The zero-order valence-electron chi connectivity index (χ0n) is 9.25. The largest absolute Gasteiger partial charge is 0.354 e. The average Bonchev–Trinajstić information content (AvgIpc) is 1.98. The van der Waals surface area contributed by atoms with Gasteiger partial charge in [0.05, 0.1) is 21.7 Å². The molecule has 0 N–H and O–H groups in total. The van der Waals surface area contributed by atoms with Gasteiger partial charge in [0, 0.05) is 0 Å². The molecule has 0 aliphatic heterocycles. The van der Waals surface area contributed by atoms with E-state index in [1.807, 2.05) is 33.8 Å². The van der Waals surface area contributed by atoms with Gasteiger partial charge in [0.25, 0.3) is 0 Å². The third-order valence-electron chi connectivity index (χ3n) is 1.45. The Labute approximate surface area is 84.1 Å². The Bertz CT molecular complexity index is 125. The Balaban J connectivity index is 3.79. The van der Waals surface area contributed by atoms with Crippen molar-refractivity contribution in [1.82, 2.24) is 0 Å². The molecule has 0 bridgehead atoms. The van der Waals surface area contributed by atoms with Crippen LogP contribution in [0.2, 0.25) is 6.04 Å². The van der Waals surface area contributed by atoms with Gasteiger partial charge < -0.3 is 9.47 Å². The minimum absolute atomic E-state index is 0.0537. The minimum Gasteiger partial charge on any atom is -0.354 e. The predicted octanol–water partition coefficient (Wildman–Crippen LogP) is 1.89. The number of hydrogen-bond donors (Lipinski definition) is 0. The number of allylic oxidation sites excluding steroid dienone is 1. The van der Waals surface area contributed by atoms with Crippen molar-refractivity contribution < 1.29 is 9.47 Å². The first kappa shape index (κ1) is 12.9. The van der Waals surface area contributed by atoms with Crippen LogP contribution in [0.3, 0.4) is 0 Å². The van der Waals surface area contributed by atoms with Crippen molar-refractivity contribution in [2.24, 2.45) is 0 Å². The Kier molecular flexibility index (Phi) is 7.23. The summed E-state index contributed by atoms with van der Waals surface area (Å²) in [7, 11) is -0.323. The highest BCUT2D eigenvalue weighted by molar-refractivity contribution is 6.37. The SMILES string of the molecule is C=CC[SiH2]C(OC(C)C)OC(C)C. The molecule has 0 aromatic rings. The molecule has 0 aromatic carbocycles. The van der Waals surface area contributed by atoms with Crippen LogP contribution in [0.1, 0.15) is 27.7 Å². The molecule has 0 unspecified atom stereocenters. The summed E-state index contributed by atoms with van der Waals surface area (Å²) in [6.45, 7) is 11.9. The summed E-state index contributed by atoms with van der Waals surface area (Å²) in [6, 6.07) is 1.07. The lowest BCUT2D eigenvalue weighted by Crippen LogP contribution is -2.29. The van der Waals surface area contributed by atoms with Crippen LogP contribution < -0.4 is 0 Å². The molecule has 2 nitrogen and oxygen atoms in total. The van der Waals surface area contributed by atoms with Crippen molar-refractivity contribution in [2.45, 2.75) is 51.9 Å². The molecule has 0 aromatic heterocycles. The maximum atomic E-state index is 5.65. The predicted molar refractivity (Wildman–Crippen MR) is 59.8 cm³/mol. The van der Waals surface area contributed by atoms with E-state index in [0.717, 1.165) is 6.04 Å². The Morgan fingerprint density at radius 3 is 1.92 bits per heavy atom. The smallest absolute Gasteiger partial charge is 0.135 e. The van der Waals surface area contributed by atoms with Gasteiger partial charge in [0.15, 0.2) is 0 Å². The van der Waals surface area contributed by atoms with Gasteiger partial charge in [-0.3, -0.25) is 0 Å². The van der Waals surface area contributed by atoms with Gasteiger partial charge in [-0.15, -0.1) is 6.58 Å². The molecule has 0 rings (SSSR count). The van der Waals surface area contributed by atoms with E-state index in [4.69, 9.17) is 9.47 Å². The van der Waals surface area contributed by atoms with Crippen LogP contribution in [-0.4, -0.2) is 27.6 Å². The molecule has 0 aliphatic rings. The second-order valence-electron chi connectivity index (χ2n) is 3.67. The first-order valence-electron chi connectivity index (χ1n) is 4.98. The van der Waals surface area contributed by atoms with Crippen molar-refractivity contribution in [2.75, 3.05) is 0 Å². The molecular formula is C10H22O2Si. The van der Waals surface area contributed by atoms with Crippen LogP contribution >= 0.6 is 0 Å². The summed E-state index contributed by atoms with van der Waals surface area (Å²) in [5, 5.41) is 0. The maximum Gasteiger partial charge on any atom is 0.135 e. The van der Waals surface area contributed by atoms with Gasteiger partial charge in [-0.2, -0.15) is 0 Å². The highest BCUT2D eigenvalue weighted by atomic mass is 28.2. The highest BCUT2D eigenvalue weighted by Gasteiger charge is 2.12. The second kappa shape index (κ2) is 7.30. The van der Waals surface area contributed by atoms with E-state index in [9.17, 15) is 0 Å². The van der Waals surface area contributed by atoms with Crippen LogP contribution in [0.25, 0.3) is 0 Å². The van der Waals surface area contributed by atoms with E-state index in [1.165, 1.54) is 0 Å². The van der Waals surface area contributed by atoms with E-state index in [0.29, 0.717) is 0 Å². The van der Waals surface area contributed by atoms with Gasteiger partial charge in [-0.25, -0.2) is 0 Å². The van der Waals surface area contributed by atoms with Gasteiger partial charge >= 0.3 is 0 Å².